The Morgan fingerprint density at radius 1 is 1.06 bits per heavy atom. The van der Waals surface area contributed by atoms with E-state index in [0.29, 0.717) is 13.0 Å². The predicted molar refractivity (Wildman–Crippen MR) is 123 cm³/mol. The Bertz CT molecular complexity index is 1220. The van der Waals surface area contributed by atoms with Crippen molar-refractivity contribution in [3.8, 4) is 0 Å². The first-order valence-corrected chi connectivity index (χ1v) is 10.7. The molecular formula is C27H24N2O2. The van der Waals surface area contributed by atoms with Gasteiger partial charge in [0.1, 0.15) is 6.29 Å². The average Bonchev–Trinajstić information content (AvgIpc) is 3.22. The van der Waals surface area contributed by atoms with E-state index in [-0.39, 0.29) is 11.9 Å². The Morgan fingerprint density at radius 3 is 2.65 bits per heavy atom. The van der Waals surface area contributed by atoms with Gasteiger partial charge in [-0.3, -0.25) is 4.79 Å². The molecule has 2 aliphatic rings. The molecule has 0 saturated carbocycles. The lowest BCUT2D eigenvalue weighted by Crippen LogP contribution is -2.40. The highest BCUT2D eigenvalue weighted by molar-refractivity contribution is 5.91. The molecule has 2 aromatic carbocycles. The molecule has 4 nitrogen and oxygen atoms in total. The second-order valence-corrected chi connectivity index (χ2v) is 8.21. The van der Waals surface area contributed by atoms with Crippen molar-refractivity contribution in [2.45, 2.75) is 18.9 Å². The van der Waals surface area contributed by atoms with Gasteiger partial charge in [0.05, 0.1) is 11.5 Å². The SMILES string of the molecule is O=CC1(/C=C/C(=O)N2CCc3c([nH]c4ccccc34)C2c2ccccc2)C=CC=CC1. The molecule has 1 N–H and O–H groups in total. The quantitative estimate of drug-likeness (QED) is 0.493. The van der Waals surface area contributed by atoms with Crippen LogP contribution >= 0.6 is 0 Å². The van der Waals surface area contributed by atoms with Crippen molar-refractivity contribution >= 4 is 23.1 Å². The van der Waals surface area contributed by atoms with Crippen LogP contribution in [0.3, 0.4) is 0 Å². The fraction of sp³-hybridized carbons (Fsp3) is 0.185. The van der Waals surface area contributed by atoms with Gasteiger partial charge in [0.2, 0.25) is 5.91 Å². The standard InChI is InChI=1S/C27H24N2O2/c30-19-27(15-7-2-8-16-27)17-13-24(31)29-18-14-22-21-11-5-6-12-23(21)28-25(22)26(29)20-9-3-1-4-10-20/h1-13,15,17,19,26,28H,14,16,18H2/b17-13+. The molecule has 31 heavy (non-hydrogen) atoms. The summed E-state index contributed by atoms with van der Waals surface area (Å²) in [6.45, 7) is 0.626. The van der Waals surface area contributed by atoms with Crippen LogP contribution in [-0.2, 0) is 16.0 Å². The van der Waals surface area contributed by atoms with E-state index in [0.717, 1.165) is 29.5 Å². The Balaban J connectivity index is 1.54. The minimum atomic E-state index is -0.741. The Hall–Kier alpha value is -3.66. The summed E-state index contributed by atoms with van der Waals surface area (Å²) in [7, 11) is 0. The van der Waals surface area contributed by atoms with Crippen LogP contribution in [0.1, 0.15) is 29.3 Å². The molecule has 0 radical (unpaired) electrons. The van der Waals surface area contributed by atoms with Gasteiger partial charge < -0.3 is 14.7 Å². The van der Waals surface area contributed by atoms with Crippen LogP contribution in [0.15, 0.2) is 91.1 Å². The van der Waals surface area contributed by atoms with Gasteiger partial charge in [0, 0.05) is 29.2 Å². The van der Waals surface area contributed by atoms with E-state index in [1.165, 1.54) is 10.9 Å². The van der Waals surface area contributed by atoms with Crippen molar-refractivity contribution < 1.29 is 9.59 Å². The number of benzene rings is 2. The molecule has 154 valence electrons. The number of H-pyrrole nitrogens is 1. The fourth-order valence-corrected chi connectivity index (χ4v) is 4.69. The van der Waals surface area contributed by atoms with E-state index in [1.807, 2.05) is 53.5 Å². The number of carbonyl (C=O) groups is 2. The zero-order valence-corrected chi connectivity index (χ0v) is 17.2. The molecule has 2 unspecified atom stereocenters. The number of aldehydes is 1. The van der Waals surface area contributed by atoms with Crippen LogP contribution in [0.25, 0.3) is 10.9 Å². The van der Waals surface area contributed by atoms with Gasteiger partial charge in [-0.25, -0.2) is 0 Å². The molecule has 0 saturated heterocycles. The molecule has 0 spiro atoms. The smallest absolute Gasteiger partial charge is 0.247 e. The first-order chi connectivity index (χ1) is 15.2. The zero-order valence-electron chi connectivity index (χ0n) is 17.2. The van der Waals surface area contributed by atoms with Crippen molar-refractivity contribution in [1.29, 1.82) is 0 Å². The van der Waals surface area contributed by atoms with Gasteiger partial charge in [0.25, 0.3) is 0 Å². The molecular weight excluding hydrogens is 384 g/mol. The predicted octanol–water partition coefficient (Wildman–Crippen LogP) is 4.90. The van der Waals surface area contributed by atoms with E-state index >= 15 is 0 Å². The fourth-order valence-electron chi connectivity index (χ4n) is 4.69. The second kappa shape index (κ2) is 7.88. The van der Waals surface area contributed by atoms with Gasteiger partial charge in [-0.2, -0.15) is 0 Å². The van der Waals surface area contributed by atoms with E-state index in [9.17, 15) is 9.59 Å². The minimum absolute atomic E-state index is 0.0812. The number of nitrogens with zero attached hydrogens (tertiary/aromatic N) is 1. The summed E-state index contributed by atoms with van der Waals surface area (Å²) in [6, 6.07) is 18.2. The molecule has 1 aliphatic carbocycles. The second-order valence-electron chi connectivity index (χ2n) is 8.21. The van der Waals surface area contributed by atoms with Crippen LogP contribution in [0, 0.1) is 5.41 Å². The molecule has 2 atom stereocenters. The lowest BCUT2D eigenvalue weighted by Gasteiger charge is -2.36. The first-order valence-electron chi connectivity index (χ1n) is 10.7. The number of para-hydroxylation sites is 1. The van der Waals surface area contributed by atoms with Crippen molar-refractivity contribution in [3.05, 3.63) is 108 Å². The number of aromatic nitrogens is 1. The normalized spacial score (nSPS) is 22.7. The number of allylic oxidation sites excluding steroid dienone is 5. The number of amides is 1. The highest BCUT2D eigenvalue weighted by Gasteiger charge is 2.34. The number of hydrogen-bond acceptors (Lipinski definition) is 2. The Kier molecular flexibility index (Phi) is 4.91. The topological polar surface area (TPSA) is 53.2 Å². The molecule has 1 amide bonds. The van der Waals surface area contributed by atoms with Gasteiger partial charge in [-0.15, -0.1) is 0 Å². The van der Waals surface area contributed by atoms with Gasteiger partial charge in [-0.05, 0) is 30.0 Å². The van der Waals surface area contributed by atoms with Gasteiger partial charge in [-0.1, -0.05) is 78.9 Å². The number of hydrogen-bond donors (Lipinski definition) is 1. The largest absolute Gasteiger partial charge is 0.356 e. The molecule has 0 bridgehead atoms. The molecule has 2 heterocycles. The highest BCUT2D eigenvalue weighted by atomic mass is 16.2. The third-order valence-electron chi connectivity index (χ3n) is 6.31. The summed E-state index contributed by atoms with van der Waals surface area (Å²) < 4.78 is 0. The summed E-state index contributed by atoms with van der Waals surface area (Å²) in [6.07, 6.45) is 13.2. The summed E-state index contributed by atoms with van der Waals surface area (Å²) >= 11 is 0. The van der Waals surface area contributed by atoms with E-state index in [2.05, 4.69) is 35.3 Å². The van der Waals surface area contributed by atoms with E-state index in [1.54, 1.807) is 12.2 Å². The minimum Gasteiger partial charge on any atom is -0.356 e. The third kappa shape index (κ3) is 3.44. The average molecular weight is 409 g/mol. The number of aromatic amines is 1. The van der Waals surface area contributed by atoms with Crippen LogP contribution in [0.2, 0.25) is 0 Å². The molecule has 3 aromatic rings. The maximum atomic E-state index is 13.4. The Labute approximate surface area is 181 Å². The van der Waals surface area contributed by atoms with Crippen molar-refractivity contribution in [3.63, 3.8) is 0 Å². The molecule has 4 heteroatoms. The third-order valence-corrected chi connectivity index (χ3v) is 6.31. The number of carbonyl (C=O) groups excluding carboxylic acids is 2. The molecule has 5 rings (SSSR count). The van der Waals surface area contributed by atoms with E-state index in [4.69, 9.17) is 0 Å². The maximum absolute atomic E-state index is 13.4. The maximum Gasteiger partial charge on any atom is 0.247 e. The van der Waals surface area contributed by atoms with Gasteiger partial charge >= 0.3 is 0 Å². The molecule has 0 fully saturated rings. The monoisotopic (exact) mass is 408 g/mol. The molecule has 1 aromatic heterocycles. The van der Waals surface area contributed by atoms with Crippen LogP contribution in [-0.4, -0.2) is 28.6 Å². The van der Waals surface area contributed by atoms with Crippen molar-refractivity contribution in [1.82, 2.24) is 9.88 Å². The number of fused-ring (bicyclic) bond motifs is 3. The number of rotatable bonds is 4. The summed E-state index contributed by atoms with van der Waals surface area (Å²) in [5.74, 6) is -0.0812. The van der Waals surface area contributed by atoms with Crippen molar-refractivity contribution in [2.75, 3.05) is 6.54 Å². The van der Waals surface area contributed by atoms with Crippen LogP contribution in [0.4, 0.5) is 0 Å². The van der Waals surface area contributed by atoms with Crippen molar-refractivity contribution in [2.24, 2.45) is 5.41 Å². The van der Waals surface area contributed by atoms with Crippen LogP contribution in [0.5, 0.6) is 0 Å². The first kappa shape index (κ1) is 19.3. The van der Waals surface area contributed by atoms with Gasteiger partial charge in [0.15, 0.2) is 0 Å². The summed E-state index contributed by atoms with van der Waals surface area (Å²) in [5, 5.41) is 1.22. The lowest BCUT2D eigenvalue weighted by molar-refractivity contribution is -0.128. The van der Waals surface area contributed by atoms with E-state index < -0.39 is 5.41 Å². The van der Waals surface area contributed by atoms with Crippen LogP contribution < -0.4 is 0 Å². The molecule has 1 aliphatic heterocycles. The zero-order chi connectivity index (χ0) is 21.3. The lowest BCUT2D eigenvalue weighted by atomic mass is 9.82. The number of nitrogens with one attached hydrogen (secondary N) is 1. The summed E-state index contributed by atoms with van der Waals surface area (Å²) in [4.78, 5) is 30.6. The highest BCUT2D eigenvalue weighted by Crippen LogP contribution is 2.38. The summed E-state index contributed by atoms with van der Waals surface area (Å²) in [5.41, 5.74) is 3.78. The Morgan fingerprint density at radius 2 is 1.87 bits per heavy atom.